The Balaban J connectivity index is 1.39. The molecule has 4 aromatic rings. The maximum absolute atomic E-state index is 13.3. The Morgan fingerprint density at radius 1 is 1.16 bits per heavy atom. The van der Waals surface area contributed by atoms with E-state index >= 15 is 0 Å². The zero-order valence-corrected chi connectivity index (χ0v) is 25.6. The molecule has 3 aromatic heterocycles. The molecule has 43 heavy (non-hydrogen) atoms. The summed E-state index contributed by atoms with van der Waals surface area (Å²) in [6.45, 7) is 4.90. The number of aromatic carboxylic acids is 1. The minimum Gasteiger partial charge on any atom is -0.477 e. The monoisotopic (exact) mass is 622 g/mol. The van der Waals surface area contributed by atoms with E-state index in [-0.39, 0.29) is 10.9 Å². The first kappa shape index (κ1) is 29.2. The summed E-state index contributed by atoms with van der Waals surface area (Å²) in [7, 11) is 4.13. The molecule has 2 aliphatic rings. The van der Waals surface area contributed by atoms with Gasteiger partial charge in [0.1, 0.15) is 23.0 Å². The number of hydrogen-bond acceptors (Lipinski definition) is 8. The van der Waals surface area contributed by atoms with Gasteiger partial charge in [-0.05, 0) is 70.3 Å². The van der Waals surface area contributed by atoms with Gasteiger partial charge in [0.25, 0.3) is 0 Å². The largest absolute Gasteiger partial charge is 0.477 e. The van der Waals surface area contributed by atoms with E-state index in [0.717, 1.165) is 44.0 Å². The number of likely N-dealkylation sites (N-methyl/N-ethyl adjacent to an activating group) is 1. The first-order valence-electron chi connectivity index (χ1n) is 14.1. The minimum atomic E-state index is -1.31. The van der Waals surface area contributed by atoms with Crippen LogP contribution in [0, 0.1) is 0 Å². The van der Waals surface area contributed by atoms with E-state index in [1.165, 1.54) is 6.20 Å². The average molecular weight is 624 g/mol. The van der Waals surface area contributed by atoms with Crippen molar-refractivity contribution in [3.05, 3.63) is 80.8 Å². The molecular weight excluding hydrogens is 591 g/mol. The van der Waals surface area contributed by atoms with Crippen molar-refractivity contribution in [2.75, 3.05) is 50.1 Å². The second-order valence-electron chi connectivity index (χ2n) is 11.6. The highest BCUT2D eigenvalue weighted by Gasteiger charge is 2.39. The maximum atomic E-state index is 13.3. The summed E-state index contributed by atoms with van der Waals surface area (Å²) in [5.74, 6) is -0.100. The lowest BCUT2D eigenvalue weighted by atomic mass is 9.99. The highest BCUT2D eigenvalue weighted by molar-refractivity contribution is 6.34. The zero-order chi connectivity index (χ0) is 30.5. The Morgan fingerprint density at radius 2 is 1.95 bits per heavy atom. The molecule has 224 valence electrons. The molecule has 1 atom stereocenters. The van der Waals surface area contributed by atoms with E-state index in [2.05, 4.69) is 45.7 Å². The molecule has 5 heterocycles. The van der Waals surface area contributed by atoms with Gasteiger partial charge in [0.15, 0.2) is 0 Å². The standard InChI is InChI=1S/C31H32Cl2N6O4/c1-31(18-43-29-23(32)6-4-10-34-29)9-5-11-39(31)26-13-25-21(12-24(26)33)28(40)22(30(41)42)17-38(25)19-7-8-27(35-14-19)37-15-20(16-37)36(2)3/h4,6-8,10,12-14,17,20H,5,9,11,15-16,18H2,1-3H3,(H,41,42)/t31-/m0/s1. The Hall–Kier alpha value is -3.86. The average Bonchev–Trinajstić information content (AvgIpc) is 3.33. The molecule has 6 rings (SSSR count). The van der Waals surface area contributed by atoms with Crippen LogP contribution in [0.25, 0.3) is 16.6 Å². The summed E-state index contributed by atoms with van der Waals surface area (Å²) in [6.07, 6.45) is 6.44. The number of hydrogen-bond donors (Lipinski definition) is 1. The van der Waals surface area contributed by atoms with Crippen molar-refractivity contribution in [1.29, 1.82) is 0 Å². The molecule has 1 N–H and O–H groups in total. The minimum absolute atomic E-state index is 0.215. The van der Waals surface area contributed by atoms with E-state index in [4.69, 9.17) is 27.9 Å². The molecule has 0 spiro atoms. The van der Waals surface area contributed by atoms with Gasteiger partial charge in [-0.15, -0.1) is 0 Å². The van der Waals surface area contributed by atoms with Crippen molar-refractivity contribution in [1.82, 2.24) is 19.4 Å². The van der Waals surface area contributed by atoms with Crippen LogP contribution in [0.1, 0.15) is 30.1 Å². The number of rotatable bonds is 8. The molecule has 10 nitrogen and oxygen atoms in total. The van der Waals surface area contributed by atoms with Crippen molar-refractivity contribution >= 4 is 51.6 Å². The summed E-state index contributed by atoms with van der Waals surface area (Å²) in [5, 5.41) is 10.9. The lowest BCUT2D eigenvalue weighted by Crippen LogP contribution is -2.57. The predicted octanol–water partition coefficient (Wildman–Crippen LogP) is 4.97. The lowest BCUT2D eigenvalue weighted by molar-refractivity contribution is 0.0695. The number of ether oxygens (including phenoxy) is 1. The fraction of sp³-hybridized carbons (Fsp3) is 0.355. The first-order valence-corrected chi connectivity index (χ1v) is 14.8. The van der Waals surface area contributed by atoms with Crippen LogP contribution >= 0.6 is 23.2 Å². The molecule has 0 unspecified atom stereocenters. The molecule has 2 aliphatic heterocycles. The highest BCUT2D eigenvalue weighted by atomic mass is 35.5. The van der Waals surface area contributed by atoms with Crippen molar-refractivity contribution in [2.45, 2.75) is 31.3 Å². The van der Waals surface area contributed by atoms with Crippen molar-refractivity contribution < 1.29 is 14.6 Å². The van der Waals surface area contributed by atoms with Crippen molar-refractivity contribution in [3.8, 4) is 11.6 Å². The third-order valence-electron chi connectivity index (χ3n) is 8.51. The maximum Gasteiger partial charge on any atom is 0.341 e. The van der Waals surface area contributed by atoms with Gasteiger partial charge in [-0.1, -0.05) is 23.2 Å². The number of aromatic nitrogens is 3. The molecular formula is C31H32Cl2N6O4. The number of carboxylic acids is 1. The van der Waals surface area contributed by atoms with E-state index in [0.29, 0.717) is 39.8 Å². The van der Waals surface area contributed by atoms with Crippen LogP contribution in [0.4, 0.5) is 11.5 Å². The van der Waals surface area contributed by atoms with Gasteiger partial charge in [0.2, 0.25) is 11.3 Å². The van der Waals surface area contributed by atoms with Gasteiger partial charge < -0.3 is 29.1 Å². The molecule has 12 heteroatoms. The van der Waals surface area contributed by atoms with E-state index in [1.54, 1.807) is 35.2 Å². The van der Waals surface area contributed by atoms with E-state index in [9.17, 15) is 14.7 Å². The molecule has 1 aromatic carbocycles. The van der Waals surface area contributed by atoms with Crippen LogP contribution < -0.4 is 20.0 Å². The van der Waals surface area contributed by atoms with Gasteiger partial charge >= 0.3 is 5.97 Å². The fourth-order valence-corrected chi connectivity index (χ4v) is 6.31. The van der Waals surface area contributed by atoms with Crippen LogP contribution in [0.15, 0.2) is 59.8 Å². The summed E-state index contributed by atoms with van der Waals surface area (Å²) in [5.41, 5.74) is 0.513. The predicted molar refractivity (Wildman–Crippen MR) is 169 cm³/mol. The molecule has 0 bridgehead atoms. The van der Waals surface area contributed by atoms with Crippen LogP contribution in [0.3, 0.4) is 0 Å². The number of halogens is 2. The van der Waals surface area contributed by atoms with Crippen LogP contribution in [0.2, 0.25) is 10.0 Å². The number of pyridine rings is 3. The van der Waals surface area contributed by atoms with Gasteiger partial charge in [-0.25, -0.2) is 14.8 Å². The smallest absolute Gasteiger partial charge is 0.341 e. The summed E-state index contributed by atoms with van der Waals surface area (Å²) in [6, 6.07) is 11.2. The lowest BCUT2D eigenvalue weighted by Gasteiger charge is -2.43. The molecule has 0 amide bonds. The van der Waals surface area contributed by atoms with Gasteiger partial charge in [-0.3, -0.25) is 4.79 Å². The Labute approximate surface area is 259 Å². The summed E-state index contributed by atoms with van der Waals surface area (Å²) < 4.78 is 7.76. The third kappa shape index (κ3) is 5.39. The topological polar surface area (TPSA) is 104 Å². The van der Waals surface area contributed by atoms with Crippen LogP contribution in [0.5, 0.6) is 5.88 Å². The van der Waals surface area contributed by atoms with Crippen molar-refractivity contribution in [2.24, 2.45) is 0 Å². The second kappa shape index (κ2) is 11.3. The molecule has 2 saturated heterocycles. The number of carboxylic acid groups (broad SMARTS) is 1. The molecule has 0 aliphatic carbocycles. The van der Waals surface area contributed by atoms with E-state index in [1.807, 2.05) is 18.2 Å². The fourth-order valence-electron chi connectivity index (χ4n) is 5.87. The molecule has 2 fully saturated rings. The Bertz CT molecular complexity index is 1760. The van der Waals surface area contributed by atoms with Gasteiger partial charge in [0, 0.05) is 43.5 Å². The molecule has 0 radical (unpaired) electrons. The number of nitrogens with zero attached hydrogens (tertiary/aromatic N) is 6. The normalized spacial score (nSPS) is 18.8. The Morgan fingerprint density at radius 3 is 2.63 bits per heavy atom. The number of benzene rings is 1. The van der Waals surface area contributed by atoms with E-state index < -0.39 is 16.9 Å². The SMILES string of the molecule is CN(C)C1CN(c2ccc(-n3cc(C(=O)O)c(=O)c4cc(Cl)c(N5CCC[C@@]5(C)COc5ncccc5Cl)cc43)cn2)C1. The van der Waals surface area contributed by atoms with Crippen LogP contribution in [-0.2, 0) is 0 Å². The highest BCUT2D eigenvalue weighted by Crippen LogP contribution is 2.40. The van der Waals surface area contributed by atoms with Crippen LogP contribution in [-0.4, -0.2) is 82.4 Å². The Kier molecular flexibility index (Phi) is 7.70. The quantitative estimate of drug-likeness (QED) is 0.291. The summed E-state index contributed by atoms with van der Waals surface area (Å²) >= 11 is 13.1. The summed E-state index contributed by atoms with van der Waals surface area (Å²) in [4.78, 5) is 40.8. The zero-order valence-electron chi connectivity index (χ0n) is 24.1. The van der Waals surface area contributed by atoms with Gasteiger partial charge in [-0.2, -0.15) is 0 Å². The van der Waals surface area contributed by atoms with Gasteiger partial charge in [0.05, 0.1) is 33.6 Å². The number of anilines is 2. The third-order valence-corrected chi connectivity index (χ3v) is 9.10. The van der Waals surface area contributed by atoms with Crippen molar-refractivity contribution in [3.63, 3.8) is 0 Å². The number of carbonyl (C=O) groups is 1. The molecule has 0 saturated carbocycles. The first-order chi connectivity index (χ1) is 20.6. The number of fused-ring (bicyclic) bond motifs is 1. The second-order valence-corrected chi connectivity index (χ2v) is 12.4.